The third-order valence-electron chi connectivity index (χ3n) is 6.70. The Morgan fingerprint density at radius 1 is 1.14 bits per heavy atom. The number of likely N-dealkylation sites (N-methyl/N-ethyl adjacent to an activating group) is 1. The molecular weight excluding hydrogens is 470 g/mol. The van der Waals surface area contributed by atoms with Gasteiger partial charge in [0.15, 0.2) is 0 Å². The summed E-state index contributed by atoms with van der Waals surface area (Å²) in [7, 11) is 2.17. The number of rotatable bonds is 6. The molecule has 0 radical (unpaired) electrons. The quantitative estimate of drug-likeness (QED) is 0.368. The first kappa shape index (κ1) is 24.0. The maximum Gasteiger partial charge on any atom is 0.103 e. The van der Waals surface area contributed by atoms with Gasteiger partial charge in [0.1, 0.15) is 6.07 Å². The van der Waals surface area contributed by atoms with Gasteiger partial charge in [-0.2, -0.15) is 5.26 Å². The lowest BCUT2D eigenvalue weighted by atomic mass is 10.1. The highest BCUT2D eigenvalue weighted by molar-refractivity contribution is 6.35. The molecule has 1 aliphatic heterocycles. The van der Waals surface area contributed by atoms with Crippen molar-refractivity contribution in [1.29, 1.82) is 5.26 Å². The Balaban J connectivity index is 1.37. The summed E-state index contributed by atoms with van der Waals surface area (Å²) in [5.41, 5.74) is 6.78. The van der Waals surface area contributed by atoms with Gasteiger partial charge in [-0.15, -0.1) is 0 Å². The number of nitrogens with one attached hydrogen (secondary N) is 2. The van der Waals surface area contributed by atoms with Gasteiger partial charge in [-0.1, -0.05) is 17.7 Å². The summed E-state index contributed by atoms with van der Waals surface area (Å²) in [5, 5.41) is 14.8. The Morgan fingerprint density at radius 2 is 1.97 bits per heavy atom. The Hall–Kier alpha value is -3.70. The lowest BCUT2D eigenvalue weighted by Crippen LogP contribution is -2.43. The molecule has 0 spiro atoms. The molecule has 1 fully saturated rings. The molecule has 4 aromatic rings. The van der Waals surface area contributed by atoms with E-state index >= 15 is 0 Å². The van der Waals surface area contributed by atoms with Gasteiger partial charge in [0.25, 0.3) is 0 Å². The highest BCUT2D eigenvalue weighted by Gasteiger charge is 2.15. The van der Waals surface area contributed by atoms with E-state index in [-0.39, 0.29) is 0 Å². The van der Waals surface area contributed by atoms with E-state index in [1.807, 2.05) is 49.7 Å². The van der Waals surface area contributed by atoms with E-state index in [0.29, 0.717) is 16.3 Å². The van der Waals surface area contributed by atoms with Gasteiger partial charge < -0.3 is 15.2 Å². The number of piperazine rings is 1. The second-order valence-electron chi connectivity index (χ2n) is 9.19. The van der Waals surface area contributed by atoms with Crippen LogP contribution in [0.4, 0.5) is 11.4 Å². The number of aromatic nitrogens is 3. The summed E-state index contributed by atoms with van der Waals surface area (Å²) in [4.78, 5) is 16.9. The lowest BCUT2D eigenvalue weighted by Gasteiger charge is -2.32. The van der Waals surface area contributed by atoms with Gasteiger partial charge in [0, 0.05) is 74.1 Å². The van der Waals surface area contributed by atoms with Crippen LogP contribution in [-0.2, 0) is 6.54 Å². The molecule has 0 saturated carbocycles. The number of pyridine rings is 2. The highest BCUT2D eigenvalue weighted by Crippen LogP contribution is 2.35. The standard InChI is InChI=1S/C28H28ClN7/c1-19-24-7-8-32-28(24)25(29)13-26(19)34-27-21(16-31-17-22(27)14-30)4-6-23-5-3-20(15-33-23)18-36-11-9-35(2)10-12-36/h3-8,13,15-17,32H,9-12,18H2,1-2H3,(H,31,34). The van der Waals surface area contributed by atoms with Crippen LogP contribution in [0.2, 0.25) is 5.02 Å². The zero-order chi connectivity index (χ0) is 25.1. The fourth-order valence-electron chi connectivity index (χ4n) is 4.49. The zero-order valence-electron chi connectivity index (χ0n) is 20.4. The van der Waals surface area contributed by atoms with Crippen molar-refractivity contribution in [1.82, 2.24) is 24.8 Å². The average molecular weight is 498 g/mol. The van der Waals surface area contributed by atoms with Crippen molar-refractivity contribution in [2.75, 3.05) is 38.5 Å². The van der Waals surface area contributed by atoms with Crippen molar-refractivity contribution in [2.45, 2.75) is 13.5 Å². The van der Waals surface area contributed by atoms with Crippen LogP contribution in [0, 0.1) is 18.3 Å². The number of anilines is 2. The molecule has 2 N–H and O–H groups in total. The molecule has 4 heterocycles. The van der Waals surface area contributed by atoms with E-state index < -0.39 is 0 Å². The molecule has 1 aliphatic rings. The first-order chi connectivity index (χ1) is 17.5. The van der Waals surface area contributed by atoms with E-state index in [1.165, 1.54) is 5.56 Å². The van der Waals surface area contributed by atoms with E-state index in [1.54, 1.807) is 12.4 Å². The number of nitriles is 1. The Bertz CT molecular complexity index is 1440. The minimum atomic E-state index is 0.456. The third kappa shape index (κ3) is 5.12. The van der Waals surface area contributed by atoms with Crippen LogP contribution in [0.1, 0.15) is 27.9 Å². The van der Waals surface area contributed by atoms with Crippen LogP contribution >= 0.6 is 11.6 Å². The van der Waals surface area contributed by atoms with E-state index in [0.717, 1.165) is 66.1 Å². The molecule has 1 saturated heterocycles. The summed E-state index contributed by atoms with van der Waals surface area (Å²) < 4.78 is 0. The molecule has 0 aliphatic carbocycles. The number of halogens is 1. The Morgan fingerprint density at radius 3 is 2.72 bits per heavy atom. The molecule has 5 rings (SSSR count). The molecule has 8 heteroatoms. The SMILES string of the molecule is Cc1c(Nc2c(C#N)cncc2C=Cc2ccc(CN3CCN(C)CC3)cn2)cc(Cl)c2[nH]ccc12. The minimum absolute atomic E-state index is 0.456. The molecule has 0 atom stereocenters. The monoisotopic (exact) mass is 497 g/mol. The second-order valence-corrected chi connectivity index (χ2v) is 9.60. The second kappa shape index (κ2) is 10.5. The van der Waals surface area contributed by atoms with Crippen LogP contribution < -0.4 is 5.32 Å². The fraction of sp³-hybridized carbons (Fsp3) is 0.250. The van der Waals surface area contributed by atoms with Crippen LogP contribution in [0.3, 0.4) is 0 Å². The highest BCUT2D eigenvalue weighted by atomic mass is 35.5. The first-order valence-corrected chi connectivity index (χ1v) is 12.3. The number of hydrogen-bond donors (Lipinski definition) is 2. The topological polar surface area (TPSA) is 83.9 Å². The minimum Gasteiger partial charge on any atom is -0.360 e. The van der Waals surface area contributed by atoms with E-state index in [9.17, 15) is 5.26 Å². The number of fused-ring (bicyclic) bond motifs is 1. The summed E-state index contributed by atoms with van der Waals surface area (Å²) in [6.45, 7) is 7.32. The van der Waals surface area contributed by atoms with Crippen LogP contribution in [-0.4, -0.2) is 58.0 Å². The van der Waals surface area contributed by atoms with Crippen molar-refractivity contribution in [3.8, 4) is 6.07 Å². The van der Waals surface area contributed by atoms with Crippen LogP contribution in [0.25, 0.3) is 23.1 Å². The summed E-state index contributed by atoms with van der Waals surface area (Å²) in [6, 6.07) is 10.3. The maximum absolute atomic E-state index is 9.74. The third-order valence-corrected chi connectivity index (χ3v) is 7.00. The first-order valence-electron chi connectivity index (χ1n) is 12.0. The Labute approximate surface area is 216 Å². The molecule has 0 amide bonds. The molecule has 3 aromatic heterocycles. The molecule has 36 heavy (non-hydrogen) atoms. The number of aromatic amines is 1. The molecule has 7 nitrogen and oxygen atoms in total. The van der Waals surface area contributed by atoms with Crippen LogP contribution in [0.5, 0.6) is 0 Å². The summed E-state index contributed by atoms with van der Waals surface area (Å²) >= 11 is 6.50. The normalized spacial score (nSPS) is 14.9. The van der Waals surface area contributed by atoms with Crippen LogP contribution in [0.15, 0.2) is 49.1 Å². The number of H-pyrrole nitrogens is 1. The predicted octanol–water partition coefficient (Wildman–Crippen LogP) is 5.45. The van der Waals surface area contributed by atoms with Crippen molar-refractivity contribution in [2.24, 2.45) is 0 Å². The molecule has 1 aromatic carbocycles. The number of nitrogens with zero attached hydrogens (tertiary/aromatic N) is 5. The molecule has 0 bridgehead atoms. The molecule has 182 valence electrons. The van der Waals surface area contributed by atoms with E-state index in [4.69, 9.17) is 11.6 Å². The zero-order valence-corrected chi connectivity index (χ0v) is 21.2. The largest absolute Gasteiger partial charge is 0.360 e. The van der Waals surface area contributed by atoms with Gasteiger partial charge in [0.2, 0.25) is 0 Å². The van der Waals surface area contributed by atoms with Gasteiger partial charge in [-0.3, -0.25) is 14.9 Å². The number of hydrogen-bond acceptors (Lipinski definition) is 6. The number of aryl methyl sites for hydroxylation is 1. The fourth-order valence-corrected chi connectivity index (χ4v) is 4.76. The van der Waals surface area contributed by atoms with Gasteiger partial charge >= 0.3 is 0 Å². The molecular formula is C28H28ClN7. The predicted molar refractivity (Wildman–Crippen MR) is 146 cm³/mol. The van der Waals surface area contributed by atoms with Crippen molar-refractivity contribution in [3.63, 3.8) is 0 Å². The summed E-state index contributed by atoms with van der Waals surface area (Å²) in [6.07, 6.45) is 11.0. The average Bonchev–Trinajstić information content (AvgIpc) is 3.40. The van der Waals surface area contributed by atoms with Gasteiger partial charge in [-0.05, 0) is 55.4 Å². The summed E-state index contributed by atoms with van der Waals surface area (Å²) in [5.74, 6) is 0. The lowest BCUT2D eigenvalue weighted by molar-refractivity contribution is 0.148. The molecule has 0 unspecified atom stereocenters. The van der Waals surface area contributed by atoms with Gasteiger partial charge in [0.05, 0.1) is 27.5 Å². The number of benzene rings is 1. The maximum atomic E-state index is 9.74. The van der Waals surface area contributed by atoms with E-state index in [2.05, 4.69) is 49.3 Å². The van der Waals surface area contributed by atoms with Crippen molar-refractivity contribution >= 4 is 46.0 Å². The Kier molecular flexibility index (Phi) is 7.01. The smallest absolute Gasteiger partial charge is 0.103 e. The van der Waals surface area contributed by atoms with Crippen molar-refractivity contribution in [3.05, 3.63) is 82.0 Å². The van der Waals surface area contributed by atoms with Crippen molar-refractivity contribution < 1.29 is 0 Å². The van der Waals surface area contributed by atoms with Gasteiger partial charge in [-0.25, -0.2) is 0 Å².